The van der Waals surface area contributed by atoms with Gasteiger partial charge in [0.1, 0.15) is 16.5 Å². The van der Waals surface area contributed by atoms with E-state index in [0.717, 1.165) is 22.1 Å². The standard InChI is InChI=1S/C24H26N4O3S/c1-27(17-22-25-11-13-32-22)23(29)15-21-24(30)26-10-12-28(21)16-18-6-5-9-20(14-18)31-19-7-3-2-4-8-19/h2-9,11,13-14,21H,10,12,15-17H2,1H3,(H,26,30). The number of nitrogens with zero attached hydrogens (tertiary/aromatic N) is 3. The summed E-state index contributed by atoms with van der Waals surface area (Å²) < 4.78 is 5.94. The van der Waals surface area contributed by atoms with Crippen LogP contribution in [0.5, 0.6) is 11.5 Å². The van der Waals surface area contributed by atoms with Crippen LogP contribution in [0.1, 0.15) is 17.0 Å². The van der Waals surface area contributed by atoms with Gasteiger partial charge in [-0.3, -0.25) is 14.5 Å². The zero-order valence-electron chi connectivity index (χ0n) is 17.9. The Labute approximate surface area is 191 Å². The zero-order chi connectivity index (χ0) is 22.3. The molecule has 1 saturated heterocycles. The van der Waals surface area contributed by atoms with Crippen LogP contribution in [0.25, 0.3) is 0 Å². The lowest BCUT2D eigenvalue weighted by molar-refractivity contribution is -0.138. The van der Waals surface area contributed by atoms with Crippen molar-refractivity contribution in [2.24, 2.45) is 0 Å². The first kappa shape index (κ1) is 22.0. The summed E-state index contributed by atoms with van der Waals surface area (Å²) in [5.74, 6) is 1.33. The Balaban J connectivity index is 1.41. The summed E-state index contributed by atoms with van der Waals surface area (Å²) in [6.07, 6.45) is 1.86. The second-order valence-electron chi connectivity index (χ2n) is 7.72. The van der Waals surface area contributed by atoms with Crippen LogP contribution in [-0.2, 0) is 22.7 Å². The Morgan fingerprint density at radius 1 is 1.22 bits per heavy atom. The molecule has 1 atom stereocenters. The number of amides is 2. The van der Waals surface area contributed by atoms with Gasteiger partial charge in [0, 0.05) is 38.3 Å². The number of carbonyl (C=O) groups excluding carboxylic acids is 2. The maximum absolute atomic E-state index is 12.8. The van der Waals surface area contributed by atoms with Crippen LogP contribution >= 0.6 is 11.3 Å². The zero-order valence-corrected chi connectivity index (χ0v) is 18.8. The Morgan fingerprint density at radius 2 is 2.03 bits per heavy atom. The van der Waals surface area contributed by atoms with Crippen molar-refractivity contribution in [3.8, 4) is 11.5 Å². The van der Waals surface area contributed by atoms with E-state index in [9.17, 15) is 9.59 Å². The van der Waals surface area contributed by atoms with E-state index in [4.69, 9.17) is 4.74 Å². The van der Waals surface area contributed by atoms with Gasteiger partial charge in [-0.2, -0.15) is 0 Å². The number of ether oxygens (including phenoxy) is 1. The number of hydrogen-bond donors (Lipinski definition) is 1. The van der Waals surface area contributed by atoms with Crippen molar-refractivity contribution in [1.82, 2.24) is 20.1 Å². The summed E-state index contributed by atoms with van der Waals surface area (Å²) in [6.45, 7) is 2.26. The van der Waals surface area contributed by atoms with E-state index < -0.39 is 6.04 Å². The van der Waals surface area contributed by atoms with Crippen LogP contribution in [0.2, 0.25) is 0 Å². The molecule has 0 bridgehead atoms. The fraction of sp³-hybridized carbons (Fsp3) is 0.292. The average molecular weight is 451 g/mol. The SMILES string of the molecule is CN(Cc1nccs1)C(=O)CC1C(=O)NCCN1Cc1cccc(Oc2ccccc2)c1. The van der Waals surface area contributed by atoms with Crippen LogP contribution in [0.4, 0.5) is 0 Å². The molecule has 7 nitrogen and oxygen atoms in total. The van der Waals surface area contributed by atoms with Crippen molar-refractivity contribution in [2.75, 3.05) is 20.1 Å². The minimum Gasteiger partial charge on any atom is -0.457 e. The molecule has 166 valence electrons. The van der Waals surface area contributed by atoms with E-state index in [1.807, 2.05) is 60.0 Å². The summed E-state index contributed by atoms with van der Waals surface area (Å²) in [5, 5.41) is 5.66. The number of para-hydroxylation sites is 1. The summed E-state index contributed by atoms with van der Waals surface area (Å²) in [4.78, 5) is 33.4. The van der Waals surface area contributed by atoms with E-state index in [1.54, 1.807) is 18.1 Å². The molecule has 1 unspecified atom stereocenters. The topological polar surface area (TPSA) is 74.8 Å². The second kappa shape index (κ2) is 10.4. The molecule has 32 heavy (non-hydrogen) atoms. The van der Waals surface area contributed by atoms with E-state index in [1.165, 1.54) is 11.3 Å². The molecule has 8 heteroatoms. The van der Waals surface area contributed by atoms with E-state index >= 15 is 0 Å². The lowest BCUT2D eigenvalue weighted by Gasteiger charge is -2.35. The molecule has 2 aromatic carbocycles. The van der Waals surface area contributed by atoms with Crippen LogP contribution < -0.4 is 10.1 Å². The van der Waals surface area contributed by atoms with Gasteiger partial charge in [0.25, 0.3) is 0 Å². The summed E-state index contributed by atoms with van der Waals surface area (Å²) in [5.41, 5.74) is 1.03. The molecular weight excluding hydrogens is 424 g/mol. The third kappa shape index (κ3) is 5.72. The molecule has 1 fully saturated rings. The third-order valence-electron chi connectivity index (χ3n) is 5.35. The number of rotatable bonds is 8. The highest BCUT2D eigenvalue weighted by Crippen LogP contribution is 2.23. The van der Waals surface area contributed by atoms with Gasteiger partial charge < -0.3 is 15.0 Å². The Morgan fingerprint density at radius 3 is 2.81 bits per heavy atom. The molecule has 2 heterocycles. The number of piperazine rings is 1. The van der Waals surface area contributed by atoms with Gasteiger partial charge in [0.05, 0.1) is 19.0 Å². The predicted molar refractivity (Wildman–Crippen MR) is 123 cm³/mol. The molecular formula is C24H26N4O3S. The lowest BCUT2D eigenvalue weighted by Crippen LogP contribution is -2.56. The molecule has 0 radical (unpaired) electrons. The van der Waals surface area contributed by atoms with E-state index in [-0.39, 0.29) is 18.2 Å². The van der Waals surface area contributed by atoms with Crippen LogP contribution in [0.3, 0.4) is 0 Å². The molecule has 0 spiro atoms. The summed E-state index contributed by atoms with van der Waals surface area (Å²) in [6, 6.07) is 17.0. The molecule has 0 saturated carbocycles. The smallest absolute Gasteiger partial charge is 0.237 e. The van der Waals surface area contributed by atoms with Gasteiger partial charge in [-0.05, 0) is 29.8 Å². The number of carbonyl (C=O) groups is 2. The van der Waals surface area contributed by atoms with Crippen molar-refractivity contribution in [2.45, 2.75) is 25.6 Å². The highest BCUT2D eigenvalue weighted by molar-refractivity contribution is 7.09. The molecule has 1 aromatic heterocycles. The molecule has 2 amide bonds. The molecule has 1 aliphatic rings. The minimum atomic E-state index is -0.506. The van der Waals surface area contributed by atoms with Crippen molar-refractivity contribution in [3.05, 3.63) is 76.7 Å². The second-order valence-corrected chi connectivity index (χ2v) is 8.70. The van der Waals surface area contributed by atoms with Gasteiger partial charge in [-0.15, -0.1) is 11.3 Å². The van der Waals surface area contributed by atoms with E-state index in [2.05, 4.69) is 15.2 Å². The fourth-order valence-electron chi connectivity index (χ4n) is 3.68. The van der Waals surface area contributed by atoms with Gasteiger partial charge in [-0.1, -0.05) is 30.3 Å². The fourth-order valence-corrected chi connectivity index (χ4v) is 4.35. The number of nitrogens with one attached hydrogen (secondary N) is 1. The monoisotopic (exact) mass is 450 g/mol. The largest absolute Gasteiger partial charge is 0.457 e. The van der Waals surface area contributed by atoms with Gasteiger partial charge >= 0.3 is 0 Å². The van der Waals surface area contributed by atoms with Crippen LogP contribution in [0, 0.1) is 0 Å². The summed E-state index contributed by atoms with van der Waals surface area (Å²) >= 11 is 1.51. The Hall–Kier alpha value is -3.23. The minimum absolute atomic E-state index is 0.0755. The number of benzene rings is 2. The number of aromatic nitrogens is 1. The first-order chi connectivity index (χ1) is 15.6. The number of hydrogen-bond acceptors (Lipinski definition) is 6. The molecule has 1 N–H and O–H groups in total. The Bertz CT molecular complexity index is 1040. The maximum Gasteiger partial charge on any atom is 0.237 e. The van der Waals surface area contributed by atoms with Crippen molar-refractivity contribution in [1.29, 1.82) is 0 Å². The predicted octanol–water partition coefficient (Wildman–Crippen LogP) is 3.28. The summed E-state index contributed by atoms with van der Waals surface area (Å²) in [7, 11) is 1.75. The maximum atomic E-state index is 12.8. The number of thiazole rings is 1. The highest BCUT2D eigenvalue weighted by atomic mass is 32.1. The van der Waals surface area contributed by atoms with E-state index in [0.29, 0.717) is 26.2 Å². The van der Waals surface area contributed by atoms with Crippen LogP contribution in [0.15, 0.2) is 66.2 Å². The first-order valence-corrected chi connectivity index (χ1v) is 11.4. The normalized spacial score (nSPS) is 16.4. The third-order valence-corrected chi connectivity index (χ3v) is 6.12. The van der Waals surface area contributed by atoms with Crippen molar-refractivity contribution >= 4 is 23.2 Å². The van der Waals surface area contributed by atoms with Crippen molar-refractivity contribution in [3.63, 3.8) is 0 Å². The molecule has 0 aliphatic carbocycles. The highest BCUT2D eigenvalue weighted by Gasteiger charge is 2.32. The quantitative estimate of drug-likeness (QED) is 0.570. The van der Waals surface area contributed by atoms with Gasteiger partial charge in [0.15, 0.2) is 0 Å². The van der Waals surface area contributed by atoms with Crippen molar-refractivity contribution < 1.29 is 14.3 Å². The average Bonchev–Trinajstić information content (AvgIpc) is 3.30. The molecule has 4 rings (SSSR count). The molecule has 3 aromatic rings. The van der Waals surface area contributed by atoms with Gasteiger partial charge in [-0.25, -0.2) is 4.98 Å². The van der Waals surface area contributed by atoms with Crippen LogP contribution in [-0.4, -0.2) is 52.8 Å². The molecule has 1 aliphatic heterocycles. The Kier molecular flexibility index (Phi) is 7.14. The first-order valence-electron chi connectivity index (χ1n) is 10.5. The van der Waals surface area contributed by atoms with Gasteiger partial charge in [0.2, 0.25) is 11.8 Å². The lowest BCUT2D eigenvalue weighted by atomic mass is 10.1.